The van der Waals surface area contributed by atoms with Gasteiger partial charge in [0.05, 0.1) is 5.56 Å². The van der Waals surface area contributed by atoms with Crippen LogP contribution in [-0.4, -0.2) is 31.0 Å². The summed E-state index contributed by atoms with van der Waals surface area (Å²) < 4.78 is 10.2. The van der Waals surface area contributed by atoms with Crippen LogP contribution in [0.25, 0.3) is 0 Å². The second kappa shape index (κ2) is 8.35. The van der Waals surface area contributed by atoms with Crippen LogP contribution < -0.4 is 15.8 Å². The summed E-state index contributed by atoms with van der Waals surface area (Å²) in [6, 6.07) is 12.1. The van der Waals surface area contributed by atoms with Crippen LogP contribution in [0.4, 0.5) is 5.69 Å². The van der Waals surface area contributed by atoms with E-state index in [0.717, 1.165) is 19.3 Å². The molecule has 0 radical (unpaired) electrons. The molecule has 2 aromatic carbocycles. The number of nitrogens with two attached hydrogens (primary N) is 1. The van der Waals surface area contributed by atoms with Crippen molar-refractivity contribution >= 4 is 23.5 Å². The number of benzene rings is 2. The van der Waals surface area contributed by atoms with Crippen LogP contribution in [0.15, 0.2) is 42.5 Å². The number of para-hydroxylation sites is 1. The summed E-state index contributed by atoms with van der Waals surface area (Å²) in [6.45, 7) is -0.854. The molecule has 3 N–H and O–H groups in total. The fourth-order valence-electron chi connectivity index (χ4n) is 2.97. The van der Waals surface area contributed by atoms with E-state index in [4.69, 9.17) is 15.2 Å². The van der Waals surface area contributed by atoms with Crippen molar-refractivity contribution in [1.82, 2.24) is 0 Å². The van der Waals surface area contributed by atoms with E-state index < -0.39 is 31.0 Å². The number of nitrogens with one attached hydrogen (secondary N) is 1. The second-order valence-corrected chi connectivity index (χ2v) is 6.19. The fraction of sp³-hybridized carbons (Fsp3) is 0.250. The maximum atomic E-state index is 11.9. The van der Waals surface area contributed by atoms with Crippen LogP contribution >= 0.6 is 0 Å². The largest absolute Gasteiger partial charge is 0.481 e. The Morgan fingerprint density at radius 2 is 1.78 bits per heavy atom. The van der Waals surface area contributed by atoms with Gasteiger partial charge in [0.2, 0.25) is 0 Å². The molecule has 0 atom stereocenters. The highest BCUT2D eigenvalue weighted by Crippen LogP contribution is 2.24. The number of esters is 1. The molecule has 0 bridgehead atoms. The van der Waals surface area contributed by atoms with Gasteiger partial charge < -0.3 is 20.5 Å². The molecule has 27 heavy (non-hydrogen) atoms. The Balaban J connectivity index is 1.45. The molecule has 0 saturated heterocycles. The predicted octanol–water partition coefficient (Wildman–Crippen LogP) is 1.83. The van der Waals surface area contributed by atoms with Gasteiger partial charge in [-0.1, -0.05) is 18.2 Å². The first-order chi connectivity index (χ1) is 13.0. The highest BCUT2D eigenvalue weighted by atomic mass is 16.6. The molecule has 0 saturated carbocycles. The van der Waals surface area contributed by atoms with Crippen molar-refractivity contribution < 1.29 is 23.9 Å². The van der Waals surface area contributed by atoms with Crippen molar-refractivity contribution in [3.05, 3.63) is 59.2 Å². The van der Waals surface area contributed by atoms with E-state index in [9.17, 15) is 14.4 Å². The summed E-state index contributed by atoms with van der Waals surface area (Å²) in [5.41, 5.74) is 8.64. The lowest BCUT2D eigenvalue weighted by Gasteiger charge is -2.10. The van der Waals surface area contributed by atoms with Crippen LogP contribution in [0.5, 0.6) is 5.75 Å². The van der Waals surface area contributed by atoms with Crippen LogP contribution in [0, 0.1) is 0 Å². The Kier molecular flexibility index (Phi) is 5.71. The molecule has 1 aliphatic rings. The minimum absolute atomic E-state index is 0.166. The first-order valence-corrected chi connectivity index (χ1v) is 8.62. The van der Waals surface area contributed by atoms with Gasteiger partial charge in [-0.2, -0.15) is 0 Å². The Labute approximate surface area is 156 Å². The molecule has 2 aromatic rings. The van der Waals surface area contributed by atoms with Crippen LogP contribution in [-0.2, 0) is 27.2 Å². The van der Waals surface area contributed by atoms with Crippen molar-refractivity contribution in [3.63, 3.8) is 0 Å². The average Bonchev–Trinajstić information content (AvgIpc) is 3.12. The van der Waals surface area contributed by atoms with E-state index in [2.05, 4.69) is 5.32 Å². The van der Waals surface area contributed by atoms with E-state index >= 15 is 0 Å². The molecule has 7 nitrogen and oxygen atoms in total. The summed E-state index contributed by atoms with van der Waals surface area (Å²) in [5.74, 6) is -1.63. The fourth-order valence-corrected chi connectivity index (χ4v) is 2.97. The van der Waals surface area contributed by atoms with Crippen LogP contribution in [0.2, 0.25) is 0 Å². The number of fused-ring (bicyclic) bond motifs is 1. The Bertz CT molecular complexity index is 878. The van der Waals surface area contributed by atoms with Crippen molar-refractivity contribution in [2.75, 3.05) is 18.5 Å². The number of rotatable bonds is 7. The maximum absolute atomic E-state index is 11.9. The molecule has 1 aliphatic carbocycles. The summed E-state index contributed by atoms with van der Waals surface area (Å²) in [4.78, 5) is 35.0. The molecule has 0 unspecified atom stereocenters. The van der Waals surface area contributed by atoms with Gasteiger partial charge >= 0.3 is 5.97 Å². The monoisotopic (exact) mass is 368 g/mol. The number of hydrogen-bond acceptors (Lipinski definition) is 5. The zero-order chi connectivity index (χ0) is 19.2. The first kappa shape index (κ1) is 18.4. The number of anilines is 1. The minimum atomic E-state index is -0.724. The van der Waals surface area contributed by atoms with Gasteiger partial charge in [-0.25, -0.2) is 4.79 Å². The maximum Gasteiger partial charge on any atom is 0.344 e. The third-order valence-corrected chi connectivity index (χ3v) is 4.24. The second-order valence-electron chi connectivity index (χ2n) is 6.19. The molecule has 140 valence electrons. The Morgan fingerprint density at radius 3 is 2.59 bits per heavy atom. The number of amides is 2. The van der Waals surface area contributed by atoms with E-state index in [0.29, 0.717) is 5.69 Å². The highest BCUT2D eigenvalue weighted by molar-refractivity contribution is 5.95. The van der Waals surface area contributed by atoms with E-state index in [1.807, 2.05) is 18.2 Å². The lowest BCUT2D eigenvalue weighted by Crippen LogP contribution is -2.24. The molecule has 0 aliphatic heterocycles. The van der Waals surface area contributed by atoms with E-state index in [1.54, 1.807) is 12.1 Å². The van der Waals surface area contributed by atoms with Gasteiger partial charge in [0.25, 0.3) is 11.8 Å². The van der Waals surface area contributed by atoms with Gasteiger partial charge in [0.1, 0.15) is 5.75 Å². The summed E-state index contributed by atoms with van der Waals surface area (Å²) in [6.07, 6.45) is 3.21. The molecule has 0 fully saturated rings. The molecule has 0 spiro atoms. The molecule has 0 heterocycles. The number of carbonyl (C=O) groups excluding carboxylic acids is 3. The minimum Gasteiger partial charge on any atom is -0.481 e. The third kappa shape index (κ3) is 4.84. The summed E-state index contributed by atoms with van der Waals surface area (Å²) >= 11 is 0. The van der Waals surface area contributed by atoms with Gasteiger partial charge in [0.15, 0.2) is 13.2 Å². The van der Waals surface area contributed by atoms with Crippen molar-refractivity contribution in [3.8, 4) is 5.75 Å². The number of hydrogen-bond donors (Lipinski definition) is 2. The van der Waals surface area contributed by atoms with Gasteiger partial charge in [-0.15, -0.1) is 0 Å². The Morgan fingerprint density at radius 1 is 1.00 bits per heavy atom. The predicted molar refractivity (Wildman–Crippen MR) is 98.5 cm³/mol. The van der Waals surface area contributed by atoms with E-state index in [-0.39, 0.29) is 11.3 Å². The molecule has 2 amide bonds. The lowest BCUT2D eigenvalue weighted by molar-refractivity contribution is -0.149. The number of ether oxygens (including phenoxy) is 2. The van der Waals surface area contributed by atoms with Crippen molar-refractivity contribution in [2.45, 2.75) is 19.3 Å². The normalized spacial score (nSPS) is 12.1. The first-order valence-electron chi connectivity index (χ1n) is 8.62. The number of aryl methyl sites for hydroxylation is 2. The van der Waals surface area contributed by atoms with Crippen molar-refractivity contribution in [1.29, 1.82) is 0 Å². The van der Waals surface area contributed by atoms with E-state index in [1.165, 1.54) is 23.3 Å². The Hall–Kier alpha value is -3.35. The SMILES string of the molecule is NC(=O)c1ccccc1OCC(=O)OCC(=O)Nc1ccc2c(c1)CCC2. The highest BCUT2D eigenvalue weighted by Gasteiger charge is 2.14. The van der Waals surface area contributed by atoms with Crippen LogP contribution in [0.3, 0.4) is 0 Å². The number of carbonyl (C=O) groups is 3. The lowest BCUT2D eigenvalue weighted by atomic mass is 10.1. The zero-order valence-electron chi connectivity index (χ0n) is 14.7. The van der Waals surface area contributed by atoms with Gasteiger partial charge in [-0.05, 0) is 54.7 Å². The smallest absolute Gasteiger partial charge is 0.344 e. The van der Waals surface area contributed by atoms with Crippen molar-refractivity contribution in [2.24, 2.45) is 5.73 Å². The molecule has 0 aromatic heterocycles. The molecular formula is C20H20N2O5. The molecular weight excluding hydrogens is 348 g/mol. The summed E-state index contributed by atoms with van der Waals surface area (Å²) in [5, 5.41) is 2.71. The van der Waals surface area contributed by atoms with Crippen LogP contribution in [0.1, 0.15) is 27.9 Å². The molecule has 3 rings (SSSR count). The standard InChI is InChI=1S/C20H20N2O5/c21-20(25)16-6-1-2-7-17(16)26-12-19(24)27-11-18(23)22-15-9-8-13-4-3-5-14(13)10-15/h1-2,6-10H,3-5,11-12H2,(H2,21,25)(H,22,23). The quantitative estimate of drug-likeness (QED) is 0.725. The van der Waals surface area contributed by atoms with Gasteiger partial charge in [0, 0.05) is 5.69 Å². The van der Waals surface area contributed by atoms with Gasteiger partial charge in [-0.3, -0.25) is 9.59 Å². The molecule has 7 heteroatoms. The third-order valence-electron chi connectivity index (χ3n) is 4.24. The zero-order valence-corrected chi connectivity index (χ0v) is 14.7. The summed E-state index contributed by atoms with van der Waals surface area (Å²) in [7, 11) is 0. The number of primary amides is 1. The topological polar surface area (TPSA) is 108 Å². The average molecular weight is 368 g/mol.